The zero-order valence-corrected chi connectivity index (χ0v) is 13.4. The van der Waals surface area contributed by atoms with Crippen LogP contribution in [0.4, 0.5) is 0 Å². The molecule has 0 aliphatic rings. The van der Waals surface area contributed by atoms with Gasteiger partial charge in [0.25, 0.3) is 0 Å². The molecule has 0 saturated carbocycles. The van der Waals surface area contributed by atoms with E-state index in [0.29, 0.717) is 29.5 Å². The number of aromatic nitrogens is 2. The number of nitrogens with one attached hydrogen (secondary N) is 1. The summed E-state index contributed by atoms with van der Waals surface area (Å²) in [5.41, 5.74) is 1.46. The van der Waals surface area contributed by atoms with Crippen LogP contribution in [0, 0.1) is 0 Å². The van der Waals surface area contributed by atoms with E-state index in [0.717, 1.165) is 5.52 Å². The lowest BCUT2D eigenvalue weighted by Crippen LogP contribution is -2.33. The smallest absolute Gasteiger partial charge is 0.242 e. The molecule has 0 saturated heterocycles. The molecule has 114 valence electrons. The van der Waals surface area contributed by atoms with E-state index in [2.05, 4.69) is 10.3 Å². The predicted molar refractivity (Wildman–Crippen MR) is 83.9 cm³/mol. The molecule has 0 bridgehead atoms. The van der Waals surface area contributed by atoms with Crippen LogP contribution in [0.2, 0.25) is 5.02 Å². The fourth-order valence-corrected chi connectivity index (χ4v) is 2.60. The standard InChI is InChI=1S/C14H17Cl2N3O2/c1-9(14(20)17-6-7-21-2)19-11-5-3-4-10(16)13(11)18-12(19)8-15/h3-5,9H,6-8H2,1-2H3,(H,17,20). The molecule has 2 rings (SSSR count). The average molecular weight is 330 g/mol. The monoisotopic (exact) mass is 329 g/mol. The number of benzene rings is 1. The van der Waals surface area contributed by atoms with Crippen molar-refractivity contribution in [2.45, 2.75) is 18.8 Å². The number of ether oxygens (including phenoxy) is 1. The maximum absolute atomic E-state index is 12.2. The first-order valence-electron chi connectivity index (χ1n) is 6.58. The number of carbonyl (C=O) groups excluding carboxylic acids is 1. The quantitative estimate of drug-likeness (QED) is 0.654. The molecule has 0 aliphatic heterocycles. The van der Waals surface area contributed by atoms with Crippen LogP contribution in [0.15, 0.2) is 18.2 Å². The maximum Gasteiger partial charge on any atom is 0.242 e. The molecular formula is C14H17Cl2N3O2. The van der Waals surface area contributed by atoms with Gasteiger partial charge in [0.1, 0.15) is 17.4 Å². The minimum absolute atomic E-state index is 0.113. The van der Waals surface area contributed by atoms with Crippen LogP contribution >= 0.6 is 23.2 Å². The van der Waals surface area contributed by atoms with E-state index >= 15 is 0 Å². The van der Waals surface area contributed by atoms with Gasteiger partial charge in [-0.1, -0.05) is 17.7 Å². The molecule has 0 aliphatic carbocycles. The predicted octanol–water partition coefficient (Wildman–Crippen LogP) is 2.75. The third-order valence-corrected chi connectivity index (χ3v) is 3.78. The lowest BCUT2D eigenvalue weighted by molar-refractivity contribution is -0.124. The Balaban J connectivity index is 2.35. The van der Waals surface area contributed by atoms with Gasteiger partial charge in [0.05, 0.1) is 23.0 Å². The summed E-state index contributed by atoms with van der Waals surface area (Å²) in [6, 6.07) is 5.04. The van der Waals surface area contributed by atoms with E-state index in [-0.39, 0.29) is 11.8 Å². The highest BCUT2D eigenvalue weighted by atomic mass is 35.5. The Morgan fingerprint density at radius 2 is 2.29 bits per heavy atom. The minimum atomic E-state index is -0.431. The first kappa shape index (κ1) is 16.1. The second kappa shape index (κ2) is 7.11. The number of para-hydroxylation sites is 1. The summed E-state index contributed by atoms with van der Waals surface area (Å²) in [6.45, 7) is 2.74. The Bertz CT molecular complexity index is 642. The van der Waals surface area contributed by atoms with E-state index in [4.69, 9.17) is 27.9 Å². The molecular weight excluding hydrogens is 313 g/mol. The van der Waals surface area contributed by atoms with E-state index in [1.54, 1.807) is 20.1 Å². The van der Waals surface area contributed by atoms with Gasteiger partial charge in [-0.3, -0.25) is 4.79 Å². The Labute approximate surface area is 133 Å². The molecule has 1 atom stereocenters. The molecule has 21 heavy (non-hydrogen) atoms. The second-order valence-electron chi connectivity index (χ2n) is 4.60. The zero-order chi connectivity index (χ0) is 15.4. The Morgan fingerprint density at radius 1 is 1.52 bits per heavy atom. The molecule has 1 unspecified atom stereocenters. The van der Waals surface area contributed by atoms with Gasteiger partial charge in [-0.05, 0) is 19.1 Å². The van der Waals surface area contributed by atoms with Crippen LogP contribution in [0.1, 0.15) is 18.8 Å². The fourth-order valence-electron chi connectivity index (χ4n) is 2.20. The van der Waals surface area contributed by atoms with Crippen LogP contribution < -0.4 is 5.32 Å². The highest BCUT2D eigenvalue weighted by Crippen LogP contribution is 2.27. The first-order chi connectivity index (χ1) is 10.1. The molecule has 0 radical (unpaired) electrons. The number of amides is 1. The van der Waals surface area contributed by atoms with Crippen molar-refractivity contribution in [2.75, 3.05) is 20.3 Å². The van der Waals surface area contributed by atoms with Crippen molar-refractivity contribution in [3.05, 3.63) is 29.0 Å². The summed E-state index contributed by atoms with van der Waals surface area (Å²) in [6.07, 6.45) is 0. The van der Waals surface area contributed by atoms with Gasteiger partial charge >= 0.3 is 0 Å². The normalized spacial score (nSPS) is 12.6. The van der Waals surface area contributed by atoms with Crippen molar-refractivity contribution in [3.8, 4) is 0 Å². The van der Waals surface area contributed by atoms with Gasteiger partial charge in [0.15, 0.2) is 0 Å². The molecule has 7 heteroatoms. The van der Waals surface area contributed by atoms with Gasteiger partial charge in [-0.25, -0.2) is 4.98 Å². The van der Waals surface area contributed by atoms with Gasteiger partial charge < -0.3 is 14.6 Å². The Kier molecular flexibility index (Phi) is 5.45. The summed E-state index contributed by atoms with van der Waals surface area (Å²) in [4.78, 5) is 16.6. The number of hydrogen-bond acceptors (Lipinski definition) is 3. The van der Waals surface area contributed by atoms with Gasteiger partial charge in [0.2, 0.25) is 5.91 Å². The van der Waals surface area contributed by atoms with Crippen molar-refractivity contribution >= 4 is 40.1 Å². The van der Waals surface area contributed by atoms with E-state index in [1.807, 2.05) is 16.7 Å². The lowest BCUT2D eigenvalue weighted by Gasteiger charge is -2.16. The SMILES string of the molecule is COCCNC(=O)C(C)n1c(CCl)nc2c(Cl)cccc21. The molecule has 1 amide bonds. The largest absolute Gasteiger partial charge is 0.383 e. The summed E-state index contributed by atoms with van der Waals surface area (Å²) in [7, 11) is 1.59. The maximum atomic E-state index is 12.2. The topological polar surface area (TPSA) is 56.1 Å². The van der Waals surface area contributed by atoms with Gasteiger partial charge in [0, 0.05) is 13.7 Å². The van der Waals surface area contributed by atoms with Crippen molar-refractivity contribution in [3.63, 3.8) is 0 Å². The highest BCUT2D eigenvalue weighted by Gasteiger charge is 2.21. The number of methoxy groups -OCH3 is 1. The number of rotatable bonds is 6. The van der Waals surface area contributed by atoms with Crippen LogP contribution in [0.5, 0.6) is 0 Å². The van der Waals surface area contributed by atoms with Crippen molar-refractivity contribution in [1.82, 2.24) is 14.9 Å². The summed E-state index contributed by atoms with van der Waals surface area (Å²) in [5, 5.41) is 3.36. The molecule has 1 N–H and O–H groups in total. The molecule has 0 fully saturated rings. The van der Waals surface area contributed by atoms with E-state index < -0.39 is 6.04 Å². The van der Waals surface area contributed by atoms with Gasteiger partial charge in [-0.2, -0.15) is 0 Å². The van der Waals surface area contributed by atoms with Crippen LogP contribution in [0.3, 0.4) is 0 Å². The molecule has 0 spiro atoms. The second-order valence-corrected chi connectivity index (χ2v) is 5.27. The summed E-state index contributed by atoms with van der Waals surface area (Å²) in [5.74, 6) is 0.715. The number of imidazole rings is 1. The minimum Gasteiger partial charge on any atom is -0.383 e. The average Bonchev–Trinajstić information content (AvgIpc) is 2.86. The fraction of sp³-hybridized carbons (Fsp3) is 0.429. The Morgan fingerprint density at radius 3 is 2.95 bits per heavy atom. The Hall–Kier alpha value is -1.30. The first-order valence-corrected chi connectivity index (χ1v) is 7.49. The number of fused-ring (bicyclic) bond motifs is 1. The third kappa shape index (κ3) is 3.31. The summed E-state index contributed by atoms with van der Waals surface area (Å²) >= 11 is 12.1. The number of alkyl halides is 1. The lowest BCUT2D eigenvalue weighted by atomic mass is 10.2. The van der Waals surface area contributed by atoms with Crippen LogP contribution in [-0.4, -0.2) is 35.7 Å². The molecule has 1 aromatic heterocycles. The highest BCUT2D eigenvalue weighted by molar-refractivity contribution is 6.35. The number of nitrogens with zero attached hydrogens (tertiary/aromatic N) is 2. The van der Waals surface area contributed by atoms with Crippen molar-refractivity contribution in [2.24, 2.45) is 0 Å². The molecule has 2 aromatic rings. The molecule has 5 nitrogen and oxygen atoms in total. The van der Waals surface area contributed by atoms with Crippen molar-refractivity contribution < 1.29 is 9.53 Å². The number of carbonyl (C=O) groups is 1. The number of halogens is 2. The molecule has 1 aromatic carbocycles. The van der Waals surface area contributed by atoms with Crippen molar-refractivity contribution in [1.29, 1.82) is 0 Å². The zero-order valence-electron chi connectivity index (χ0n) is 11.9. The summed E-state index contributed by atoms with van der Waals surface area (Å²) < 4.78 is 6.74. The van der Waals surface area contributed by atoms with Crippen LogP contribution in [0.25, 0.3) is 11.0 Å². The number of hydrogen-bond donors (Lipinski definition) is 1. The van der Waals surface area contributed by atoms with Gasteiger partial charge in [-0.15, -0.1) is 11.6 Å². The molecule has 1 heterocycles. The van der Waals surface area contributed by atoms with E-state index in [1.165, 1.54) is 0 Å². The van der Waals surface area contributed by atoms with Crippen LogP contribution in [-0.2, 0) is 15.4 Å². The third-order valence-electron chi connectivity index (χ3n) is 3.24. The van der Waals surface area contributed by atoms with E-state index in [9.17, 15) is 4.79 Å².